The highest BCUT2D eigenvalue weighted by Crippen LogP contribution is 2.44. The highest BCUT2D eigenvalue weighted by Gasteiger charge is 2.48. The first-order valence-electron chi connectivity index (χ1n) is 6.58. The minimum absolute atomic E-state index is 0.749. The van der Waals surface area contributed by atoms with Crippen LogP contribution in [0.3, 0.4) is 0 Å². The molecule has 1 aromatic carbocycles. The van der Waals surface area contributed by atoms with E-state index in [9.17, 15) is 0 Å². The second-order valence-electron chi connectivity index (χ2n) is 6.60. The van der Waals surface area contributed by atoms with E-state index >= 15 is 0 Å². The van der Waals surface area contributed by atoms with E-state index in [0.29, 0.717) is 0 Å². The minimum Gasteiger partial charge on any atom is -0.0882 e. The second kappa shape index (κ2) is 4.25. The molecule has 92 valence electrons. The van der Waals surface area contributed by atoms with Crippen LogP contribution in [0, 0.1) is 0 Å². The fourth-order valence-electron chi connectivity index (χ4n) is 3.08. The summed E-state index contributed by atoms with van der Waals surface area (Å²) in [4.78, 5) is 0. The summed E-state index contributed by atoms with van der Waals surface area (Å²) < 4.78 is 0. The van der Waals surface area contributed by atoms with Gasteiger partial charge in [-0.25, -0.2) is 0 Å². The topological polar surface area (TPSA) is 0 Å². The summed E-state index contributed by atoms with van der Waals surface area (Å²) >= 11 is 0. The molecular weight excluding hydrogens is 236 g/mol. The van der Waals surface area contributed by atoms with Crippen LogP contribution in [0.1, 0.15) is 18.0 Å². The predicted octanol–water partition coefficient (Wildman–Crippen LogP) is 4.76. The van der Waals surface area contributed by atoms with Crippen molar-refractivity contribution in [2.45, 2.75) is 44.7 Å². The Kier molecular flexibility index (Phi) is 3.21. The molecule has 0 N–H and O–H groups in total. The van der Waals surface area contributed by atoms with Crippen LogP contribution in [-0.4, -0.2) is 15.2 Å². The SMILES string of the molecule is CC1=CC[Si](C)(C)[Si](C)(C)[C@@H]1c1ccccc1. The molecule has 1 atom stereocenters. The maximum atomic E-state index is 2.62. The van der Waals surface area contributed by atoms with Gasteiger partial charge in [0.25, 0.3) is 0 Å². The van der Waals surface area contributed by atoms with Crippen molar-refractivity contribution < 1.29 is 0 Å². The minimum atomic E-state index is -1.18. The van der Waals surface area contributed by atoms with Crippen molar-refractivity contribution in [3.05, 3.63) is 47.5 Å². The number of hydrogen-bond donors (Lipinski definition) is 0. The lowest BCUT2D eigenvalue weighted by Crippen LogP contribution is -2.60. The molecule has 0 unspecified atom stereocenters. The third-order valence-corrected chi connectivity index (χ3v) is 23.9. The lowest BCUT2D eigenvalue weighted by molar-refractivity contribution is 1.02. The Bertz CT molecular complexity index is 429. The Morgan fingerprint density at radius 2 is 1.59 bits per heavy atom. The predicted molar refractivity (Wildman–Crippen MR) is 82.7 cm³/mol. The van der Waals surface area contributed by atoms with Gasteiger partial charge in [0.15, 0.2) is 0 Å². The quantitative estimate of drug-likeness (QED) is 0.504. The Hall–Kier alpha value is -0.606. The molecule has 1 aliphatic rings. The molecule has 0 fully saturated rings. The molecule has 1 aliphatic heterocycles. The van der Waals surface area contributed by atoms with Crippen LogP contribution in [0.15, 0.2) is 42.0 Å². The molecule has 17 heavy (non-hydrogen) atoms. The van der Waals surface area contributed by atoms with Gasteiger partial charge in [-0.2, -0.15) is 0 Å². The van der Waals surface area contributed by atoms with E-state index in [4.69, 9.17) is 0 Å². The van der Waals surface area contributed by atoms with E-state index in [2.05, 4.69) is 69.5 Å². The Balaban J connectivity index is 2.51. The van der Waals surface area contributed by atoms with Crippen LogP contribution in [-0.2, 0) is 0 Å². The molecular formula is C15H24Si2. The zero-order valence-corrected chi connectivity index (χ0v) is 13.7. The monoisotopic (exact) mass is 260 g/mol. The Morgan fingerprint density at radius 3 is 2.18 bits per heavy atom. The van der Waals surface area contributed by atoms with Gasteiger partial charge in [0.1, 0.15) is 0 Å². The molecule has 2 rings (SSSR count). The van der Waals surface area contributed by atoms with Gasteiger partial charge in [0, 0.05) is 7.59 Å². The van der Waals surface area contributed by atoms with Gasteiger partial charge in [0.05, 0.1) is 7.59 Å². The van der Waals surface area contributed by atoms with E-state index < -0.39 is 15.2 Å². The van der Waals surface area contributed by atoms with Crippen molar-refractivity contribution in [1.29, 1.82) is 0 Å². The molecule has 0 aliphatic carbocycles. The summed E-state index contributed by atoms with van der Waals surface area (Å²) in [6.45, 7) is 12.8. The first-order valence-corrected chi connectivity index (χ1v) is 13.9. The van der Waals surface area contributed by atoms with Crippen LogP contribution in [0.5, 0.6) is 0 Å². The molecule has 2 heteroatoms. The van der Waals surface area contributed by atoms with Gasteiger partial charge in [-0.05, 0) is 24.1 Å². The van der Waals surface area contributed by atoms with E-state index in [-0.39, 0.29) is 0 Å². The van der Waals surface area contributed by atoms with Crippen LogP contribution in [0.25, 0.3) is 0 Å². The average molecular weight is 261 g/mol. The smallest absolute Gasteiger partial charge is 0.0544 e. The van der Waals surface area contributed by atoms with E-state index in [0.717, 1.165) is 5.54 Å². The molecule has 0 saturated carbocycles. The Morgan fingerprint density at radius 1 is 1.00 bits per heavy atom. The van der Waals surface area contributed by atoms with Gasteiger partial charge in [-0.15, -0.1) is 0 Å². The summed E-state index contributed by atoms with van der Waals surface area (Å²) in [7, 11) is -2.22. The van der Waals surface area contributed by atoms with Gasteiger partial charge >= 0.3 is 0 Å². The highest BCUT2D eigenvalue weighted by atomic mass is 29.3. The standard InChI is InChI=1S/C15H24Si2/c1-13-11-12-16(2,3)17(4,5)15(13)14-9-7-6-8-10-14/h6-11,15H,12H2,1-5H3/t15-/m0/s1. The number of rotatable bonds is 1. The lowest BCUT2D eigenvalue weighted by Gasteiger charge is -2.48. The highest BCUT2D eigenvalue weighted by molar-refractivity contribution is 7.41. The van der Waals surface area contributed by atoms with Gasteiger partial charge in [-0.1, -0.05) is 68.2 Å². The first kappa shape index (κ1) is 12.8. The van der Waals surface area contributed by atoms with Crippen LogP contribution in [0.2, 0.25) is 32.2 Å². The number of hydrogen-bond acceptors (Lipinski definition) is 0. The molecule has 0 radical (unpaired) electrons. The molecule has 1 heterocycles. The van der Waals surface area contributed by atoms with E-state index in [1.165, 1.54) is 6.04 Å². The summed E-state index contributed by atoms with van der Waals surface area (Å²) in [6.07, 6.45) is 2.53. The van der Waals surface area contributed by atoms with Gasteiger partial charge in [-0.3, -0.25) is 0 Å². The van der Waals surface area contributed by atoms with E-state index in [1.54, 1.807) is 11.1 Å². The van der Waals surface area contributed by atoms with Crippen molar-refractivity contribution in [1.82, 2.24) is 0 Å². The maximum Gasteiger partial charge on any atom is 0.0544 e. The molecule has 0 bridgehead atoms. The molecule has 0 amide bonds. The fourth-order valence-corrected chi connectivity index (χ4v) is 12.9. The number of benzene rings is 1. The van der Waals surface area contributed by atoms with Crippen LogP contribution in [0.4, 0.5) is 0 Å². The fraction of sp³-hybridized carbons (Fsp3) is 0.467. The van der Waals surface area contributed by atoms with Crippen LogP contribution >= 0.6 is 0 Å². The molecule has 0 aromatic heterocycles. The third kappa shape index (κ3) is 2.08. The van der Waals surface area contributed by atoms with Crippen molar-refractivity contribution in [2.24, 2.45) is 0 Å². The molecule has 0 spiro atoms. The summed E-state index contributed by atoms with van der Waals surface area (Å²) in [5, 5.41) is 0. The van der Waals surface area contributed by atoms with Crippen molar-refractivity contribution >= 4 is 15.2 Å². The zero-order chi connectivity index (χ0) is 12.7. The van der Waals surface area contributed by atoms with Crippen molar-refractivity contribution in [3.63, 3.8) is 0 Å². The average Bonchev–Trinajstić information content (AvgIpc) is 2.26. The maximum absolute atomic E-state index is 2.62. The summed E-state index contributed by atoms with van der Waals surface area (Å²) in [6, 6.07) is 12.6. The van der Waals surface area contributed by atoms with Gasteiger partial charge in [0.2, 0.25) is 0 Å². The van der Waals surface area contributed by atoms with Gasteiger partial charge < -0.3 is 0 Å². The second-order valence-corrected chi connectivity index (χ2v) is 22.7. The normalized spacial score (nSPS) is 26.4. The molecule has 1 aromatic rings. The van der Waals surface area contributed by atoms with Crippen molar-refractivity contribution in [2.75, 3.05) is 0 Å². The third-order valence-electron chi connectivity index (χ3n) is 4.99. The van der Waals surface area contributed by atoms with E-state index in [1.807, 2.05) is 0 Å². The summed E-state index contributed by atoms with van der Waals surface area (Å²) in [5.74, 6) is 0. The Labute approximate surface area is 108 Å². The van der Waals surface area contributed by atoms with Crippen LogP contribution < -0.4 is 0 Å². The largest absolute Gasteiger partial charge is 0.0882 e. The molecule has 0 nitrogen and oxygen atoms in total. The first-order chi connectivity index (χ1) is 7.86. The summed E-state index contributed by atoms with van der Waals surface area (Å²) in [5.41, 5.74) is 3.93. The lowest BCUT2D eigenvalue weighted by atomic mass is 10.1. The zero-order valence-electron chi connectivity index (χ0n) is 11.7. The van der Waals surface area contributed by atoms with Crippen molar-refractivity contribution in [3.8, 4) is 0 Å². The molecule has 0 saturated heterocycles. The number of allylic oxidation sites excluding steroid dienone is 2.